The van der Waals surface area contributed by atoms with Gasteiger partial charge in [-0.15, -0.1) is 5.10 Å². The van der Waals surface area contributed by atoms with Crippen LogP contribution < -0.4 is 11.1 Å². The molecule has 2 heterocycles. The molecule has 0 unspecified atom stereocenters. The lowest BCUT2D eigenvalue weighted by atomic mass is 10.2. The maximum atomic E-state index is 6.22. The van der Waals surface area contributed by atoms with Gasteiger partial charge in [-0.25, -0.2) is 0 Å². The van der Waals surface area contributed by atoms with Crippen LogP contribution in [0.5, 0.6) is 0 Å². The summed E-state index contributed by atoms with van der Waals surface area (Å²) in [6, 6.07) is 3.25. The maximum absolute atomic E-state index is 6.22. The van der Waals surface area contributed by atoms with E-state index in [9.17, 15) is 0 Å². The van der Waals surface area contributed by atoms with E-state index in [1.807, 2.05) is 0 Å². The zero-order chi connectivity index (χ0) is 15.0. The molecule has 2 aromatic rings. The van der Waals surface area contributed by atoms with Crippen molar-refractivity contribution in [2.24, 2.45) is 14.5 Å². The molecule has 0 radical (unpaired) electrons. The van der Waals surface area contributed by atoms with Crippen molar-refractivity contribution in [3.63, 3.8) is 0 Å². The summed E-state index contributed by atoms with van der Waals surface area (Å²) in [5, 5.41) is 11.7. The number of fused-ring (bicyclic) bond motifs is 1. The Hall–Kier alpha value is -1.61. The Bertz CT molecular complexity index is 832. The van der Waals surface area contributed by atoms with Crippen molar-refractivity contribution in [3.05, 3.63) is 33.9 Å². The number of hydrogen-bond acceptors (Lipinski definition) is 6. The van der Waals surface area contributed by atoms with Crippen molar-refractivity contribution in [1.82, 2.24) is 10.2 Å². The van der Waals surface area contributed by atoms with Gasteiger partial charge >= 0.3 is 0 Å². The highest BCUT2D eigenvalue weighted by molar-refractivity contribution is 7.80. The minimum absolute atomic E-state index is 0.199. The summed E-state index contributed by atoms with van der Waals surface area (Å²) >= 11 is 18.3. The highest BCUT2D eigenvalue weighted by atomic mass is 35.5. The average molecular weight is 357 g/mol. The van der Waals surface area contributed by atoms with Crippen molar-refractivity contribution >= 4 is 74.6 Å². The lowest BCUT2D eigenvalue weighted by Gasteiger charge is -2.13. The van der Waals surface area contributed by atoms with Gasteiger partial charge in [-0.3, -0.25) is 0 Å². The molecule has 10 heteroatoms. The predicted molar refractivity (Wildman–Crippen MR) is 89.2 cm³/mol. The Labute approximate surface area is 138 Å². The first-order chi connectivity index (χ1) is 10.1. The second-order valence-electron chi connectivity index (χ2n) is 3.96. The van der Waals surface area contributed by atoms with Crippen LogP contribution in [0.15, 0.2) is 27.1 Å². The molecule has 0 atom stereocenters. The van der Waals surface area contributed by atoms with E-state index in [-0.39, 0.29) is 4.99 Å². The van der Waals surface area contributed by atoms with Crippen LogP contribution in [0, 0.1) is 0 Å². The van der Waals surface area contributed by atoms with Gasteiger partial charge in [0.15, 0.2) is 5.82 Å². The first kappa shape index (κ1) is 14.3. The summed E-state index contributed by atoms with van der Waals surface area (Å²) in [7, 11) is 0. The topological polar surface area (TPSA) is 88.5 Å². The fourth-order valence-electron chi connectivity index (χ4n) is 1.73. The fourth-order valence-corrected chi connectivity index (χ4v) is 3.06. The first-order valence-electron chi connectivity index (χ1n) is 5.56. The van der Waals surface area contributed by atoms with Crippen LogP contribution in [0.25, 0.3) is 0 Å². The normalized spacial score (nSPS) is 11.9. The molecule has 6 nitrogen and oxygen atoms in total. The van der Waals surface area contributed by atoms with E-state index < -0.39 is 0 Å². The summed E-state index contributed by atoms with van der Waals surface area (Å²) in [6.07, 6.45) is 1.50. The van der Waals surface area contributed by atoms with Crippen LogP contribution in [0.1, 0.15) is 5.56 Å². The summed E-state index contributed by atoms with van der Waals surface area (Å²) in [5.74, 6) is 0.392. The van der Waals surface area contributed by atoms with Crippen LogP contribution in [0.2, 0.25) is 10.0 Å². The minimum atomic E-state index is 0.199. The monoisotopic (exact) mass is 356 g/mol. The number of anilines is 2. The van der Waals surface area contributed by atoms with Crippen LogP contribution in [0.4, 0.5) is 22.9 Å². The number of nitrogens with one attached hydrogen (secondary N) is 1. The number of thiocarbonyl (C=S) groups is 1. The molecule has 106 valence electrons. The molecule has 1 aliphatic heterocycles. The van der Waals surface area contributed by atoms with Gasteiger partial charge in [-0.2, -0.15) is 13.8 Å². The summed E-state index contributed by atoms with van der Waals surface area (Å²) < 4.78 is 8.33. The third-order valence-corrected chi connectivity index (χ3v) is 4.01. The molecule has 3 rings (SSSR count). The number of halogens is 2. The van der Waals surface area contributed by atoms with Crippen LogP contribution >= 0.6 is 35.4 Å². The molecule has 0 saturated carbocycles. The molecule has 1 aromatic heterocycles. The number of nitrogens with zero attached hydrogens (tertiary/aromatic N) is 4. The minimum Gasteiger partial charge on any atom is -0.389 e. The van der Waals surface area contributed by atoms with Crippen molar-refractivity contribution in [2.45, 2.75) is 0 Å². The van der Waals surface area contributed by atoms with Gasteiger partial charge in [0.2, 0.25) is 0 Å². The Kier molecular flexibility index (Phi) is 3.85. The molecule has 0 aliphatic carbocycles. The van der Waals surface area contributed by atoms with Crippen molar-refractivity contribution in [1.29, 1.82) is 0 Å². The van der Waals surface area contributed by atoms with E-state index in [0.29, 0.717) is 38.5 Å². The van der Waals surface area contributed by atoms with E-state index in [0.717, 1.165) is 11.4 Å². The second-order valence-corrected chi connectivity index (χ2v) is 5.74. The number of aromatic nitrogens is 2. The third kappa shape index (κ3) is 2.62. The van der Waals surface area contributed by atoms with E-state index in [1.54, 1.807) is 12.1 Å². The summed E-state index contributed by atoms with van der Waals surface area (Å²) in [4.78, 5) is 0.199. The second kappa shape index (κ2) is 5.64. The lowest BCUT2D eigenvalue weighted by molar-refractivity contribution is 1.03. The Balaban J connectivity index is 2.11. The quantitative estimate of drug-likeness (QED) is 0.695. The van der Waals surface area contributed by atoms with E-state index >= 15 is 0 Å². The van der Waals surface area contributed by atoms with Gasteiger partial charge in [0.25, 0.3) is 0 Å². The maximum Gasteiger partial charge on any atom is 0.163 e. The zero-order valence-electron chi connectivity index (χ0n) is 10.2. The van der Waals surface area contributed by atoms with Gasteiger partial charge in [0, 0.05) is 0 Å². The molecule has 1 aliphatic rings. The third-order valence-electron chi connectivity index (χ3n) is 2.67. The lowest BCUT2D eigenvalue weighted by Crippen LogP contribution is -2.13. The Morgan fingerprint density at radius 1 is 1.24 bits per heavy atom. The highest BCUT2D eigenvalue weighted by Crippen LogP contribution is 2.48. The van der Waals surface area contributed by atoms with Crippen LogP contribution in [-0.2, 0) is 11.4 Å². The van der Waals surface area contributed by atoms with Crippen LogP contribution in [-0.4, -0.2) is 15.2 Å². The molecule has 1 aromatic carbocycles. The highest BCUT2D eigenvalue weighted by Gasteiger charge is 2.20. The molecule has 0 spiro atoms. The molecule has 0 fully saturated rings. The number of rotatable bonds is 3. The molecular weight excluding hydrogens is 351 g/mol. The smallest absolute Gasteiger partial charge is 0.163 e. The molecular formula is C11H6Cl2N6S2. The SMILES string of the molecule is NC(=S)c1ccnnc1Nc1c(Cl)cc(Cl)c2c1N=S=N2. The van der Waals surface area contributed by atoms with Gasteiger partial charge in [-0.05, 0) is 12.1 Å². The number of benzene rings is 1. The molecule has 0 saturated heterocycles. The van der Waals surface area contributed by atoms with Crippen molar-refractivity contribution < 1.29 is 0 Å². The van der Waals surface area contributed by atoms with Gasteiger partial charge < -0.3 is 11.1 Å². The summed E-state index contributed by atoms with van der Waals surface area (Å²) in [5.41, 5.74) is 7.87. The average Bonchev–Trinajstić information content (AvgIpc) is 2.93. The van der Waals surface area contributed by atoms with Crippen molar-refractivity contribution in [3.8, 4) is 0 Å². The van der Waals surface area contributed by atoms with Gasteiger partial charge in [0.05, 0.1) is 38.8 Å². The van der Waals surface area contributed by atoms with Gasteiger partial charge in [0.1, 0.15) is 16.4 Å². The molecule has 0 bridgehead atoms. The first-order valence-corrected chi connectivity index (χ1v) is 7.46. The molecule has 0 amide bonds. The Morgan fingerprint density at radius 3 is 2.76 bits per heavy atom. The zero-order valence-corrected chi connectivity index (χ0v) is 13.3. The fraction of sp³-hybridized carbons (Fsp3) is 0. The van der Waals surface area contributed by atoms with Crippen molar-refractivity contribution in [2.75, 3.05) is 5.32 Å². The standard InChI is InChI=1S/C11H6Cl2N6S2/c12-5-3-6(13)8-9(19-21-18-8)7(5)16-11-4(10(14)20)1-2-15-17-11/h1-3H,(H2,14,20)(H,16,17). The number of hydrogen-bond donors (Lipinski definition) is 2. The van der Waals surface area contributed by atoms with E-state index in [2.05, 4.69) is 24.2 Å². The molecule has 3 N–H and O–H groups in total. The van der Waals surface area contributed by atoms with E-state index in [4.69, 9.17) is 41.2 Å². The Morgan fingerprint density at radius 2 is 2.00 bits per heavy atom. The van der Waals surface area contributed by atoms with Crippen LogP contribution in [0.3, 0.4) is 0 Å². The van der Waals surface area contributed by atoms with Gasteiger partial charge in [-0.1, -0.05) is 35.4 Å². The summed E-state index contributed by atoms with van der Waals surface area (Å²) in [6.45, 7) is 0. The number of nitrogens with two attached hydrogens (primary N) is 1. The largest absolute Gasteiger partial charge is 0.389 e. The predicted octanol–water partition coefficient (Wildman–Crippen LogP) is 3.89. The van der Waals surface area contributed by atoms with E-state index in [1.165, 1.54) is 6.20 Å². The molecule has 21 heavy (non-hydrogen) atoms.